The molecular formula is C20H25Br2FN4O2. The van der Waals surface area contributed by atoms with E-state index in [1.807, 2.05) is 20.8 Å². The number of benzene rings is 1. The van der Waals surface area contributed by atoms with Gasteiger partial charge in [0.2, 0.25) is 0 Å². The lowest BCUT2D eigenvalue weighted by molar-refractivity contribution is 0.0172. The molecular weight excluding hydrogens is 507 g/mol. The summed E-state index contributed by atoms with van der Waals surface area (Å²) in [7, 11) is 0. The van der Waals surface area contributed by atoms with E-state index in [9.17, 15) is 9.18 Å². The number of hydrogen-bond donors (Lipinski definition) is 1. The Morgan fingerprint density at radius 2 is 1.79 bits per heavy atom. The highest BCUT2D eigenvalue weighted by Gasteiger charge is 2.37. The monoisotopic (exact) mass is 530 g/mol. The third-order valence-corrected chi connectivity index (χ3v) is 6.38. The summed E-state index contributed by atoms with van der Waals surface area (Å²) in [6.07, 6.45) is 2.96. The van der Waals surface area contributed by atoms with Gasteiger partial charge in [0.25, 0.3) is 0 Å². The van der Waals surface area contributed by atoms with Gasteiger partial charge in [0.05, 0.1) is 11.9 Å². The van der Waals surface area contributed by atoms with E-state index in [0.29, 0.717) is 33.5 Å². The second-order valence-corrected chi connectivity index (χ2v) is 10.3. The summed E-state index contributed by atoms with van der Waals surface area (Å²) in [6.45, 7) is 8.88. The van der Waals surface area contributed by atoms with Crippen molar-refractivity contribution in [2.75, 3.05) is 18.8 Å². The number of piperidine rings is 1. The van der Waals surface area contributed by atoms with Crippen LogP contribution < -0.4 is 5.73 Å². The van der Waals surface area contributed by atoms with Gasteiger partial charge < -0.3 is 15.4 Å². The van der Waals surface area contributed by atoms with Crippen LogP contribution in [0.15, 0.2) is 27.3 Å². The number of nitrogens with zero attached hydrogens (tertiary/aromatic N) is 3. The molecule has 0 unspecified atom stereocenters. The van der Waals surface area contributed by atoms with Gasteiger partial charge in [-0.1, -0.05) is 6.92 Å². The molecule has 1 aliphatic rings. The molecule has 1 amide bonds. The maximum absolute atomic E-state index is 13.6. The van der Waals surface area contributed by atoms with Gasteiger partial charge in [0.1, 0.15) is 17.2 Å². The Kier molecular flexibility index (Phi) is 6.02. The Morgan fingerprint density at radius 3 is 2.31 bits per heavy atom. The molecule has 0 radical (unpaired) electrons. The van der Waals surface area contributed by atoms with Crippen LogP contribution in [0.3, 0.4) is 0 Å². The molecule has 0 spiro atoms. The van der Waals surface area contributed by atoms with Crippen molar-refractivity contribution >= 4 is 43.8 Å². The fourth-order valence-electron chi connectivity index (χ4n) is 3.52. The highest BCUT2D eigenvalue weighted by molar-refractivity contribution is 9.11. The van der Waals surface area contributed by atoms with E-state index < -0.39 is 5.60 Å². The quantitative estimate of drug-likeness (QED) is 0.562. The predicted molar refractivity (Wildman–Crippen MR) is 118 cm³/mol. The number of aromatic nitrogens is 2. The maximum Gasteiger partial charge on any atom is 0.410 e. The first-order valence-corrected chi connectivity index (χ1v) is 11.0. The highest BCUT2D eigenvalue weighted by atomic mass is 79.9. The molecule has 1 aromatic carbocycles. The van der Waals surface area contributed by atoms with Gasteiger partial charge in [-0.25, -0.2) is 13.9 Å². The van der Waals surface area contributed by atoms with Crippen LogP contribution in [0.1, 0.15) is 46.1 Å². The molecule has 1 fully saturated rings. The number of rotatable bonds is 2. The molecule has 2 N–H and O–H groups in total. The van der Waals surface area contributed by atoms with Crippen molar-refractivity contribution in [1.29, 1.82) is 0 Å². The van der Waals surface area contributed by atoms with Crippen LogP contribution in [-0.4, -0.2) is 39.5 Å². The second-order valence-electron chi connectivity index (χ2n) is 8.60. The molecule has 9 heteroatoms. The normalized spacial score (nSPS) is 16.7. The summed E-state index contributed by atoms with van der Waals surface area (Å²) in [5.74, 6) is 0.145. The number of nitrogens with two attached hydrogens (primary N) is 1. The molecule has 29 heavy (non-hydrogen) atoms. The summed E-state index contributed by atoms with van der Waals surface area (Å²) in [5, 5.41) is 4.46. The first-order valence-electron chi connectivity index (χ1n) is 9.38. The number of ether oxygens (including phenoxy) is 1. The third-order valence-electron chi connectivity index (χ3n) is 5.17. The number of anilines is 1. The summed E-state index contributed by atoms with van der Waals surface area (Å²) in [5.41, 5.74) is 7.29. The zero-order chi connectivity index (χ0) is 21.6. The van der Waals surface area contributed by atoms with E-state index in [1.165, 1.54) is 12.1 Å². The van der Waals surface area contributed by atoms with Crippen LogP contribution in [0.25, 0.3) is 5.69 Å². The molecule has 0 saturated carbocycles. The van der Waals surface area contributed by atoms with E-state index in [1.54, 1.807) is 15.8 Å². The Labute approximate surface area is 186 Å². The van der Waals surface area contributed by atoms with Crippen molar-refractivity contribution in [2.45, 2.75) is 51.6 Å². The minimum absolute atomic E-state index is 0.222. The molecule has 6 nitrogen and oxygen atoms in total. The molecule has 1 saturated heterocycles. The molecule has 0 bridgehead atoms. The summed E-state index contributed by atoms with van der Waals surface area (Å²) in [6, 6.07) is 2.75. The standard InChI is InChI=1S/C20H25Br2FN4O2/c1-19(2,3)29-18(28)26-7-5-20(4,6-8-26)13-11-25-27(17(13)24)16-14(21)9-12(23)10-15(16)22/h9-11H,5-8,24H2,1-4H3. The van der Waals surface area contributed by atoms with Gasteiger partial charge in [-0.2, -0.15) is 5.10 Å². The Hall–Kier alpha value is -1.61. The highest BCUT2D eigenvalue weighted by Crippen LogP contribution is 2.40. The zero-order valence-corrected chi connectivity index (χ0v) is 20.1. The van der Waals surface area contributed by atoms with Gasteiger partial charge in [0.15, 0.2) is 0 Å². The van der Waals surface area contributed by atoms with Crippen molar-refractivity contribution in [3.8, 4) is 5.69 Å². The SMILES string of the molecule is CC(C)(C)OC(=O)N1CCC(C)(c2cnn(-c3c(Br)cc(F)cc3Br)c2N)CC1. The van der Waals surface area contributed by atoms with Gasteiger partial charge in [0, 0.05) is 33.0 Å². The van der Waals surface area contributed by atoms with Crippen LogP contribution in [0.2, 0.25) is 0 Å². The molecule has 2 aromatic rings. The smallest absolute Gasteiger partial charge is 0.410 e. The lowest BCUT2D eigenvalue weighted by atomic mass is 9.75. The maximum atomic E-state index is 13.6. The van der Waals surface area contributed by atoms with Crippen molar-refractivity contribution < 1.29 is 13.9 Å². The first-order chi connectivity index (χ1) is 13.4. The van der Waals surface area contributed by atoms with Gasteiger partial charge >= 0.3 is 6.09 Å². The van der Waals surface area contributed by atoms with Crippen LogP contribution in [-0.2, 0) is 10.2 Å². The first kappa shape index (κ1) is 22.1. The molecule has 158 valence electrons. The molecule has 0 aliphatic carbocycles. The van der Waals surface area contributed by atoms with Gasteiger partial charge in [-0.3, -0.25) is 0 Å². The average Bonchev–Trinajstić information content (AvgIpc) is 2.95. The van der Waals surface area contributed by atoms with Crippen molar-refractivity contribution in [3.05, 3.63) is 38.7 Å². The zero-order valence-electron chi connectivity index (χ0n) is 16.9. The Bertz CT molecular complexity index is 908. The number of hydrogen-bond acceptors (Lipinski definition) is 4. The molecule has 3 rings (SSSR count). The van der Waals surface area contributed by atoms with Crippen molar-refractivity contribution in [2.24, 2.45) is 0 Å². The number of carbonyl (C=O) groups excluding carboxylic acids is 1. The van der Waals surface area contributed by atoms with Crippen LogP contribution in [0, 0.1) is 5.82 Å². The fraction of sp³-hybridized carbons (Fsp3) is 0.500. The number of likely N-dealkylation sites (tertiary alicyclic amines) is 1. The average molecular weight is 532 g/mol. The minimum Gasteiger partial charge on any atom is -0.444 e. The molecule has 1 aromatic heterocycles. The topological polar surface area (TPSA) is 73.4 Å². The molecule has 2 heterocycles. The van der Waals surface area contributed by atoms with Crippen LogP contribution >= 0.6 is 31.9 Å². The minimum atomic E-state index is -0.515. The lowest BCUT2D eigenvalue weighted by Gasteiger charge is -2.39. The predicted octanol–water partition coefficient (Wildman–Crippen LogP) is 5.41. The Balaban J connectivity index is 1.82. The summed E-state index contributed by atoms with van der Waals surface area (Å²) >= 11 is 6.78. The third kappa shape index (κ3) is 4.60. The number of halogens is 3. The summed E-state index contributed by atoms with van der Waals surface area (Å²) < 4.78 is 21.8. The van der Waals surface area contributed by atoms with Crippen LogP contribution in [0.4, 0.5) is 15.0 Å². The van der Waals surface area contributed by atoms with E-state index in [0.717, 1.165) is 18.4 Å². The summed E-state index contributed by atoms with van der Waals surface area (Å²) in [4.78, 5) is 14.1. The van der Waals surface area contributed by atoms with Gasteiger partial charge in [-0.15, -0.1) is 0 Å². The molecule has 1 aliphatic heterocycles. The van der Waals surface area contributed by atoms with Gasteiger partial charge in [-0.05, 0) is 77.6 Å². The lowest BCUT2D eigenvalue weighted by Crippen LogP contribution is -2.45. The van der Waals surface area contributed by atoms with E-state index in [-0.39, 0.29) is 17.3 Å². The number of amides is 1. The van der Waals surface area contributed by atoms with Crippen molar-refractivity contribution in [3.63, 3.8) is 0 Å². The molecule has 0 atom stereocenters. The number of carbonyl (C=O) groups is 1. The van der Waals surface area contributed by atoms with E-state index >= 15 is 0 Å². The largest absolute Gasteiger partial charge is 0.444 e. The van der Waals surface area contributed by atoms with Crippen LogP contribution in [0.5, 0.6) is 0 Å². The van der Waals surface area contributed by atoms with E-state index in [2.05, 4.69) is 43.9 Å². The van der Waals surface area contributed by atoms with Crippen molar-refractivity contribution in [1.82, 2.24) is 14.7 Å². The van der Waals surface area contributed by atoms with E-state index in [4.69, 9.17) is 10.5 Å². The fourth-order valence-corrected chi connectivity index (χ4v) is 4.98. The Morgan fingerprint density at radius 1 is 1.24 bits per heavy atom. The number of nitrogen functional groups attached to an aromatic ring is 1. The second kappa shape index (κ2) is 7.91.